The molecule has 0 saturated carbocycles. The molecule has 1 aliphatic heterocycles. The largest absolute Gasteiger partial charge is 0.338 e. The summed E-state index contributed by atoms with van der Waals surface area (Å²) in [6.45, 7) is 3.22. The average Bonchev–Trinajstić information content (AvgIpc) is 3.18. The molecule has 128 valence electrons. The molecule has 1 saturated heterocycles. The Morgan fingerprint density at radius 3 is 2.92 bits per heavy atom. The molecule has 0 radical (unpaired) electrons. The van der Waals surface area contributed by atoms with E-state index in [1.54, 1.807) is 0 Å². The van der Waals surface area contributed by atoms with E-state index in [2.05, 4.69) is 41.4 Å². The summed E-state index contributed by atoms with van der Waals surface area (Å²) >= 11 is 5.29. The highest BCUT2D eigenvalue weighted by atomic mass is 32.1. The summed E-state index contributed by atoms with van der Waals surface area (Å²) in [5.74, 6) is 1.01. The van der Waals surface area contributed by atoms with E-state index in [0.717, 1.165) is 44.5 Å². The van der Waals surface area contributed by atoms with Crippen molar-refractivity contribution in [3.05, 3.63) is 46.5 Å². The second-order valence-corrected chi connectivity index (χ2v) is 6.74. The molecule has 2 heterocycles. The normalized spacial score (nSPS) is 17.4. The maximum absolute atomic E-state index is 12.8. The van der Waals surface area contributed by atoms with Gasteiger partial charge in [-0.1, -0.05) is 37.3 Å². The Hall–Kier alpha value is -1.95. The van der Waals surface area contributed by atoms with Crippen molar-refractivity contribution in [1.29, 1.82) is 0 Å². The van der Waals surface area contributed by atoms with E-state index < -0.39 is 0 Å². The topological polar surface area (TPSA) is 53.9 Å². The first-order valence-corrected chi connectivity index (χ1v) is 9.07. The van der Waals surface area contributed by atoms with E-state index in [4.69, 9.17) is 12.2 Å². The number of likely N-dealkylation sites (tertiary alicyclic amines) is 1. The average molecular weight is 344 g/mol. The van der Waals surface area contributed by atoms with Gasteiger partial charge in [0.25, 0.3) is 0 Å². The Morgan fingerprint density at radius 2 is 2.17 bits per heavy atom. The Morgan fingerprint density at radius 1 is 1.38 bits per heavy atom. The van der Waals surface area contributed by atoms with Crippen LogP contribution in [-0.4, -0.2) is 38.2 Å². The molecule has 1 aliphatic rings. The summed E-state index contributed by atoms with van der Waals surface area (Å²) in [5.41, 5.74) is 1.29. The third kappa shape index (κ3) is 3.75. The van der Waals surface area contributed by atoms with Crippen LogP contribution in [0, 0.1) is 4.77 Å². The summed E-state index contributed by atoms with van der Waals surface area (Å²) in [6.07, 6.45) is 4.87. The van der Waals surface area contributed by atoms with Crippen LogP contribution >= 0.6 is 12.2 Å². The Labute approximate surface area is 147 Å². The van der Waals surface area contributed by atoms with Gasteiger partial charge in [0.05, 0.1) is 0 Å². The number of hydrogen-bond donors (Lipinski definition) is 1. The molecule has 6 heteroatoms. The van der Waals surface area contributed by atoms with Crippen LogP contribution < -0.4 is 0 Å². The Kier molecular flexibility index (Phi) is 5.45. The number of aromatic nitrogens is 3. The third-order valence-electron chi connectivity index (χ3n) is 4.62. The minimum Gasteiger partial charge on any atom is -0.338 e. The predicted octanol–water partition coefficient (Wildman–Crippen LogP) is 3.13. The van der Waals surface area contributed by atoms with E-state index >= 15 is 0 Å². The zero-order chi connectivity index (χ0) is 16.9. The van der Waals surface area contributed by atoms with Crippen molar-refractivity contribution in [3.8, 4) is 0 Å². The van der Waals surface area contributed by atoms with Crippen LogP contribution in [0.1, 0.15) is 37.6 Å². The van der Waals surface area contributed by atoms with Gasteiger partial charge in [0, 0.05) is 19.0 Å². The molecule has 0 aliphatic carbocycles. The van der Waals surface area contributed by atoms with Gasteiger partial charge < -0.3 is 4.90 Å². The van der Waals surface area contributed by atoms with E-state index in [9.17, 15) is 4.79 Å². The molecule has 3 rings (SSSR count). The smallest absolute Gasteiger partial charge is 0.242 e. The molecule has 0 spiro atoms. The fourth-order valence-corrected chi connectivity index (χ4v) is 3.63. The first-order valence-electron chi connectivity index (χ1n) is 8.66. The number of rotatable bonds is 6. The molecule has 1 unspecified atom stereocenters. The summed E-state index contributed by atoms with van der Waals surface area (Å²) in [5, 5.41) is 7.06. The van der Waals surface area contributed by atoms with Gasteiger partial charge in [0.15, 0.2) is 4.77 Å². The summed E-state index contributed by atoms with van der Waals surface area (Å²) in [6, 6.07) is 10.7. The molecule has 5 nitrogen and oxygen atoms in total. The third-order valence-corrected chi connectivity index (χ3v) is 4.93. The molecule has 24 heavy (non-hydrogen) atoms. The van der Waals surface area contributed by atoms with Crippen molar-refractivity contribution in [3.63, 3.8) is 0 Å². The predicted molar refractivity (Wildman–Crippen MR) is 96.3 cm³/mol. The quantitative estimate of drug-likeness (QED) is 0.819. The number of hydrogen-bond acceptors (Lipinski definition) is 3. The van der Waals surface area contributed by atoms with Gasteiger partial charge in [0.1, 0.15) is 12.4 Å². The Balaban J connectivity index is 1.70. The van der Waals surface area contributed by atoms with Crippen LogP contribution in [0.25, 0.3) is 0 Å². The lowest BCUT2D eigenvalue weighted by atomic mass is 10.0. The van der Waals surface area contributed by atoms with Crippen molar-refractivity contribution in [2.24, 2.45) is 0 Å². The maximum atomic E-state index is 12.8. The van der Waals surface area contributed by atoms with Crippen LogP contribution in [0.2, 0.25) is 0 Å². The van der Waals surface area contributed by atoms with Crippen LogP contribution in [-0.2, 0) is 24.2 Å². The first kappa shape index (κ1) is 16.9. The number of aryl methyl sites for hydroxylation is 1. The number of benzene rings is 1. The second kappa shape index (κ2) is 7.75. The molecular formula is C18H24N4OS. The zero-order valence-electron chi connectivity index (χ0n) is 14.1. The van der Waals surface area contributed by atoms with Crippen LogP contribution in [0.3, 0.4) is 0 Å². The van der Waals surface area contributed by atoms with Gasteiger partial charge in [-0.15, -0.1) is 0 Å². The number of aromatic amines is 1. The van der Waals surface area contributed by atoms with Crippen molar-refractivity contribution >= 4 is 18.1 Å². The molecule has 1 fully saturated rings. The van der Waals surface area contributed by atoms with E-state index in [0.29, 0.717) is 4.77 Å². The standard InChI is InChI=1S/C18H24N4OS/c1-2-7-16-19-20-18(24)22(16)13-17(23)21-11-6-10-15(21)12-14-8-4-3-5-9-14/h3-5,8-9,15H,2,6-7,10-13H2,1H3,(H,20,24). The monoisotopic (exact) mass is 344 g/mol. The molecular weight excluding hydrogens is 320 g/mol. The van der Waals surface area contributed by atoms with Crippen molar-refractivity contribution < 1.29 is 4.79 Å². The minimum atomic E-state index is 0.142. The summed E-state index contributed by atoms with van der Waals surface area (Å²) < 4.78 is 2.38. The molecule has 1 aromatic heterocycles. The molecule has 1 amide bonds. The van der Waals surface area contributed by atoms with Crippen LogP contribution in [0.15, 0.2) is 30.3 Å². The first-order chi connectivity index (χ1) is 11.7. The van der Waals surface area contributed by atoms with Gasteiger partial charge in [-0.25, -0.2) is 0 Å². The SMILES string of the molecule is CCCc1n[nH]c(=S)n1CC(=O)N1CCCC1Cc1ccccc1. The van der Waals surface area contributed by atoms with Gasteiger partial charge >= 0.3 is 0 Å². The molecule has 1 N–H and O–H groups in total. The molecule has 0 bridgehead atoms. The number of nitrogens with zero attached hydrogens (tertiary/aromatic N) is 3. The summed E-state index contributed by atoms with van der Waals surface area (Å²) in [7, 11) is 0. The zero-order valence-corrected chi connectivity index (χ0v) is 14.9. The van der Waals surface area contributed by atoms with Gasteiger partial charge in [-0.05, 0) is 43.5 Å². The Bertz CT molecular complexity index is 737. The lowest BCUT2D eigenvalue weighted by Crippen LogP contribution is -2.39. The van der Waals surface area contributed by atoms with Crippen molar-refractivity contribution in [1.82, 2.24) is 19.7 Å². The van der Waals surface area contributed by atoms with E-state index in [-0.39, 0.29) is 18.5 Å². The lowest BCUT2D eigenvalue weighted by Gasteiger charge is -2.25. The van der Waals surface area contributed by atoms with Gasteiger partial charge in [-0.3, -0.25) is 14.5 Å². The lowest BCUT2D eigenvalue weighted by molar-refractivity contribution is -0.132. The minimum absolute atomic E-state index is 0.142. The van der Waals surface area contributed by atoms with Crippen molar-refractivity contribution in [2.75, 3.05) is 6.54 Å². The number of H-pyrrole nitrogens is 1. The summed E-state index contributed by atoms with van der Waals surface area (Å²) in [4.78, 5) is 14.9. The van der Waals surface area contributed by atoms with Gasteiger partial charge in [-0.2, -0.15) is 5.10 Å². The number of carbonyl (C=O) groups is 1. The molecule has 1 aromatic carbocycles. The highest BCUT2D eigenvalue weighted by Crippen LogP contribution is 2.22. The fraction of sp³-hybridized carbons (Fsp3) is 0.500. The number of nitrogens with one attached hydrogen (secondary N) is 1. The number of amides is 1. The highest BCUT2D eigenvalue weighted by molar-refractivity contribution is 7.71. The second-order valence-electron chi connectivity index (χ2n) is 6.35. The van der Waals surface area contributed by atoms with Crippen LogP contribution in [0.4, 0.5) is 0 Å². The van der Waals surface area contributed by atoms with Crippen molar-refractivity contribution in [2.45, 2.75) is 51.6 Å². The van der Waals surface area contributed by atoms with E-state index in [1.165, 1.54) is 5.56 Å². The number of carbonyl (C=O) groups excluding carboxylic acids is 1. The van der Waals surface area contributed by atoms with E-state index in [1.807, 2.05) is 15.5 Å². The fourth-order valence-electron chi connectivity index (χ4n) is 3.42. The van der Waals surface area contributed by atoms with Crippen LogP contribution in [0.5, 0.6) is 0 Å². The molecule has 1 atom stereocenters. The van der Waals surface area contributed by atoms with Gasteiger partial charge in [0.2, 0.25) is 5.91 Å². The maximum Gasteiger partial charge on any atom is 0.242 e. The molecule has 2 aromatic rings. The highest BCUT2D eigenvalue weighted by Gasteiger charge is 2.29.